The zero-order valence-corrected chi connectivity index (χ0v) is 15.9. The minimum absolute atomic E-state index is 0.157. The van der Waals surface area contributed by atoms with Gasteiger partial charge in [-0.3, -0.25) is 4.99 Å². The maximum atomic E-state index is 5.93. The fourth-order valence-corrected chi connectivity index (χ4v) is 3.61. The first-order valence-corrected chi connectivity index (χ1v) is 9.62. The molecule has 144 valence electrons. The monoisotopic (exact) mass is 361 g/mol. The first kappa shape index (κ1) is 19.0. The van der Waals surface area contributed by atoms with Gasteiger partial charge < -0.3 is 24.4 Å². The molecule has 26 heavy (non-hydrogen) atoms. The van der Waals surface area contributed by atoms with E-state index < -0.39 is 0 Å². The first-order valence-electron chi connectivity index (χ1n) is 9.62. The Labute approximate surface area is 156 Å². The molecule has 6 nitrogen and oxygen atoms in total. The van der Waals surface area contributed by atoms with Crippen LogP contribution in [0.1, 0.15) is 24.8 Å². The highest BCUT2D eigenvalue weighted by Crippen LogP contribution is 2.21. The quantitative estimate of drug-likeness (QED) is 0.478. The van der Waals surface area contributed by atoms with Crippen LogP contribution in [0.4, 0.5) is 0 Å². The van der Waals surface area contributed by atoms with Crippen molar-refractivity contribution in [1.82, 2.24) is 10.2 Å². The predicted octanol–water partition coefficient (Wildman–Crippen LogP) is 2.08. The van der Waals surface area contributed by atoms with E-state index >= 15 is 0 Å². The summed E-state index contributed by atoms with van der Waals surface area (Å²) < 4.78 is 16.9. The van der Waals surface area contributed by atoms with Gasteiger partial charge in [-0.1, -0.05) is 12.1 Å². The van der Waals surface area contributed by atoms with E-state index in [1.807, 2.05) is 19.2 Å². The number of rotatable bonds is 6. The van der Waals surface area contributed by atoms with Gasteiger partial charge in [-0.15, -0.1) is 0 Å². The molecule has 6 heteroatoms. The van der Waals surface area contributed by atoms with Gasteiger partial charge in [0.2, 0.25) is 0 Å². The van der Waals surface area contributed by atoms with Crippen molar-refractivity contribution in [3.63, 3.8) is 0 Å². The Bertz CT molecular complexity index is 570. The summed E-state index contributed by atoms with van der Waals surface area (Å²) in [6.07, 6.45) is 4.74. The normalized spacial score (nSPS) is 23.9. The van der Waals surface area contributed by atoms with Gasteiger partial charge in [0, 0.05) is 33.3 Å². The molecule has 3 rings (SSSR count). The number of nitrogens with zero attached hydrogens (tertiary/aromatic N) is 2. The molecule has 1 aromatic carbocycles. The smallest absolute Gasteiger partial charge is 0.193 e. The molecule has 0 aliphatic carbocycles. The van der Waals surface area contributed by atoms with Gasteiger partial charge in [0.05, 0.1) is 19.8 Å². The van der Waals surface area contributed by atoms with Gasteiger partial charge in [0.15, 0.2) is 5.96 Å². The van der Waals surface area contributed by atoms with Crippen molar-refractivity contribution in [2.45, 2.75) is 37.9 Å². The molecule has 2 saturated heterocycles. The average molecular weight is 361 g/mol. The van der Waals surface area contributed by atoms with Crippen LogP contribution in [0, 0.1) is 0 Å². The second-order valence-electron chi connectivity index (χ2n) is 6.83. The van der Waals surface area contributed by atoms with E-state index in [0.29, 0.717) is 0 Å². The first-order chi connectivity index (χ1) is 12.8. The third-order valence-corrected chi connectivity index (χ3v) is 5.07. The Balaban J connectivity index is 1.42. The van der Waals surface area contributed by atoms with Crippen LogP contribution in [0.25, 0.3) is 0 Å². The molecule has 2 unspecified atom stereocenters. The van der Waals surface area contributed by atoms with E-state index in [1.54, 1.807) is 7.11 Å². The van der Waals surface area contributed by atoms with Crippen molar-refractivity contribution in [3.05, 3.63) is 29.8 Å². The fraction of sp³-hybridized carbons (Fsp3) is 0.650. The van der Waals surface area contributed by atoms with E-state index in [4.69, 9.17) is 14.2 Å². The van der Waals surface area contributed by atoms with Crippen LogP contribution in [0.5, 0.6) is 5.75 Å². The number of hydrogen-bond donors (Lipinski definition) is 1. The van der Waals surface area contributed by atoms with Crippen molar-refractivity contribution in [2.24, 2.45) is 4.99 Å². The molecule has 0 radical (unpaired) electrons. The van der Waals surface area contributed by atoms with E-state index in [9.17, 15) is 0 Å². The van der Waals surface area contributed by atoms with Crippen molar-refractivity contribution < 1.29 is 14.2 Å². The molecule has 0 spiro atoms. The Kier molecular flexibility index (Phi) is 7.14. The molecule has 0 bridgehead atoms. The van der Waals surface area contributed by atoms with Gasteiger partial charge in [-0.2, -0.15) is 0 Å². The van der Waals surface area contributed by atoms with E-state index in [2.05, 4.69) is 27.3 Å². The van der Waals surface area contributed by atoms with Crippen LogP contribution in [-0.4, -0.2) is 70.1 Å². The number of aryl methyl sites for hydroxylation is 1. The van der Waals surface area contributed by atoms with Crippen LogP contribution >= 0.6 is 0 Å². The summed E-state index contributed by atoms with van der Waals surface area (Å²) in [4.78, 5) is 6.75. The molecule has 2 fully saturated rings. The van der Waals surface area contributed by atoms with E-state index in [0.717, 1.165) is 70.2 Å². The number of hydrogen-bond acceptors (Lipinski definition) is 4. The lowest BCUT2D eigenvalue weighted by Crippen LogP contribution is -2.53. The molecule has 0 amide bonds. The number of guanidine groups is 1. The molecular weight excluding hydrogens is 330 g/mol. The number of aliphatic imine (C=N–C) groups is 1. The topological polar surface area (TPSA) is 55.3 Å². The van der Waals surface area contributed by atoms with Gasteiger partial charge in [0.1, 0.15) is 11.9 Å². The van der Waals surface area contributed by atoms with E-state index in [-0.39, 0.29) is 12.2 Å². The maximum absolute atomic E-state index is 5.93. The molecule has 0 saturated carbocycles. The van der Waals surface area contributed by atoms with Gasteiger partial charge in [-0.25, -0.2) is 0 Å². The fourth-order valence-electron chi connectivity index (χ4n) is 3.61. The van der Waals surface area contributed by atoms with Crippen LogP contribution in [0.2, 0.25) is 0 Å². The van der Waals surface area contributed by atoms with E-state index in [1.165, 1.54) is 5.56 Å². The lowest BCUT2D eigenvalue weighted by molar-refractivity contribution is -0.0816. The summed E-state index contributed by atoms with van der Waals surface area (Å²) in [6, 6.07) is 8.28. The Morgan fingerprint density at radius 2 is 2.04 bits per heavy atom. The minimum Gasteiger partial charge on any atom is -0.497 e. The highest BCUT2D eigenvalue weighted by atomic mass is 16.5. The summed E-state index contributed by atoms with van der Waals surface area (Å²) in [7, 11) is 3.54. The lowest BCUT2D eigenvalue weighted by Gasteiger charge is -2.37. The van der Waals surface area contributed by atoms with Crippen LogP contribution < -0.4 is 10.1 Å². The second kappa shape index (κ2) is 9.78. The van der Waals surface area contributed by atoms with Gasteiger partial charge >= 0.3 is 0 Å². The standard InChI is InChI=1S/C20H31N3O3/c1-21-20(22-11-3-5-16-7-9-17(24-2)10-8-16)23-12-14-26-19(15-23)18-6-4-13-25-18/h7-10,18-19H,3-6,11-15H2,1-2H3,(H,21,22). The van der Waals surface area contributed by atoms with Crippen molar-refractivity contribution >= 4 is 5.96 Å². The SMILES string of the molecule is CN=C(NCCCc1ccc(OC)cc1)N1CCOC(C2CCCO2)C1. The Morgan fingerprint density at radius 1 is 1.23 bits per heavy atom. The zero-order valence-electron chi connectivity index (χ0n) is 15.9. The Hall–Kier alpha value is -1.79. The summed E-state index contributed by atoms with van der Waals surface area (Å²) in [5, 5.41) is 3.50. The zero-order chi connectivity index (χ0) is 18.2. The molecule has 0 aromatic heterocycles. The summed E-state index contributed by atoms with van der Waals surface area (Å²) >= 11 is 0. The number of methoxy groups -OCH3 is 1. The van der Waals surface area contributed by atoms with Crippen molar-refractivity contribution in [2.75, 3.05) is 47.0 Å². The van der Waals surface area contributed by atoms with Gasteiger partial charge in [0.25, 0.3) is 0 Å². The largest absolute Gasteiger partial charge is 0.497 e. The highest BCUT2D eigenvalue weighted by Gasteiger charge is 2.32. The van der Waals surface area contributed by atoms with Crippen LogP contribution in [0.3, 0.4) is 0 Å². The van der Waals surface area contributed by atoms with Crippen LogP contribution in [-0.2, 0) is 15.9 Å². The molecule has 2 aliphatic heterocycles. The second-order valence-corrected chi connectivity index (χ2v) is 6.83. The lowest BCUT2D eigenvalue weighted by atomic mass is 10.1. The van der Waals surface area contributed by atoms with Crippen LogP contribution in [0.15, 0.2) is 29.3 Å². The maximum Gasteiger partial charge on any atom is 0.193 e. The molecule has 1 aromatic rings. The van der Waals surface area contributed by atoms with Crippen molar-refractivity contribution in [1.29, 1.82) is 0 Å². The average Bonchev–Trinajstić information content (AvgIpc) is 3.23. The number of nitrogens with one attached hydrogen (secondary N) is 1. The predicted molar refractivity (Wildman–Crippen MR) is 103 cm³/mol. The number of morpholine rings is 1. The molecular formula is C20H31N3O3. The molecule has 2 aliphatic rings. The summed E-state index contributed by atoms with van der Waals surface area (Å²) in [5.74, 6) is 1.87. The van der Waals surface area contributed by atoms with Gasteiger partial charge in [-0.05, 0) is 43.4 Å². The number of ether oxygens (including phenoxy) is 3. The summed E-state index contributed by atoms with van der Waals surface area (Å²) in [5.41, 5.74) is 1.33. The molecule has 1 N–H and O–H groups in total. The minimum atomic E-state index is 0.157. The van der Waals surface area contributed by atoms with Crippen molar-refractivity contribution in [3.8, 4) is 5.75 Å². The summed E-state index contributed by atoms with van der Waals surface area (Å²) in [6.45, 7) is 4.23. The third-order valence-electron chi connectivity index (χ3n) is 5.07. The Morgan fingerprint density at radius 3 is 2.73 bits per heavy atom. The molecule has 2 heterocycles. The highest BCUT2D eigenvalue weighted by molar-refractivity contribution is 5.80. The molecule has 2 atom stereocenters. The third kappa shape index (κ3) is 5.11. The number of benzene rings is 1.